The van der Waals surface area contributed by atoms with Crippen molar-refractivity contribution in [2.75, 3.05) is 21.3 Å². The fourth-order valence-corrected chi connectivity index (χ4v) is 6.76. The standard InChI is InChI=1S/C42H24F6N6O7/c43-41(44,45)32-15-25(53-19-22-2-1-20(13-30(22)36(53)55)39(58)60-34-11-4-23(49)17-51-34)6-9-27(32)28-10-7-26(16-33(28)42(46,47)48)54-37(56)29-8-3-21(14-31(29)38(54)57)40(59)61-35-12-5-24(50)18-52-35/h1-18H,19,49-50H2. The zero-order chi connectivity index (χ0) is 43.5. The molecule has 306 valence electrons. The maximum Gasteiger partial charge on any atom is 0.417 e. The second kappa shape index (κ2) is 14.6. The van der Waals surface area contributed by atoms with Gasteiger partial charge in [0.05, 0.1) is 69.4 Å². The lowest BCUT2D eigenvalue weighted by Crippen LogP contribution is -2.29. The molecule has 0 atom stereocenters. The number of nitrogen functional groups attached to an aromatic ring is 2. The van der Waals surface area contributed by atoms with Crippen LogP contribution in [0.25, 0.3) is 11.1 Å². The van der Waals surface area contributed by atoms with E-state index in [1.165, 1.54) is 54.9 Å². The van der Waals surface area contributed by atoms with Gasteiger partial charge in [-0.25, -0.2) is 24.5 Å². The second-order valence-corrected chi connectivity index (χ2v) is 13.6. The van der Waals surface area contributed by atoms with Crippen LogP contribution in [0.4, 0.5) is 49.1 Å². The van der Waals surface area contributed by atoms with Gasteiger partial charge in [0, 0.05) is 23.4 Å². The van der Waals surface area contributed by atoms with Crippen LogP contribution in [0.5, 0.6) is 11.8 Å². The number of hydrogen-bond acceptors (Lipinski definition) is 11. The van der Waals surface area contributed by atoms with Crippen molar-refractivity contribution in [1.29, 1.82) is 0 Å². The van der Waals surface area contributed by atoms with E-state index in [2.05, 4.69) is 9.97 Å². The number of carbonyl (C=O) groups excluding carboxylic acids is 5. The van der Waals surface area contributed by atoms with Crippen molar-refractivity contribution in [3.05, 3.63) is 154 Å². The van der Waals surface area contributed by atoms with Crippen LogP contribution in [0.2, 0.25) is 0 Å². The third kappa shape index (κ3) is 7.43. The summed E-state index contributed by atoms with van der Waals surface area (Å²) >= 11 is 0. The molecular weight excluding hydrogens is 814 g/mol. The second-order valence-electron chi connectivity index (χ2n) is 13.6. The highest BCUT2D eigenvalue weighted by Gasteiger charge is 2.42. The Morgan fingerprint density at radius 3 is 1.54 bits per heavy atom. The van der Waals surface area contributed by atoms with Gasteiger partial charge in [-0.15, -0.1) is 0 Å². The summed E-state index contributed by atoms with van der Waals surface area (Å²) < 4.78 is 98.9. The van der Waals surface area contributed by atoms with Crippen molar-refractivity contribution in [3.63, 3.8) is 0 Å². The fourth-order valence-electron chi connectivity index (χ4n) is 6.76. The van der Waals surface area contributed by atoms with E-state index in [-0.39, 0.29) is 57.5 Å². The van der Waals surface area contributed by atoms with Crippen LogP contribution < -0.4 is 30.7 Å². The number of alkyl halides is 6. The molecule has 4 heterocycles. The Morgan fingerprint density at radius 2 is 1.02 bits per heavy atom. The summed E-state index contributed by atoms with van der Waals surface area (Å²) in [5.41, 5.74) is 5.30. The van der Waals surface area contributed by atoms with Gasteiger partial charge in [0.1, 0.15) is 0 Å². The summed E-state index contributed by atoms with van der Waals surface area (Å²) in [6.45, 7) is -0.231. The molecule has 0 saturated heterocycles. The molecule has 4 N–H and O–H groups in total. The summed E-state index contributed by atoms with van der Waals surface area (Å²) in [6, 6.07) is 17.1. The van der Waals surface area contributed by atoms with Gasteiger partial charge in [-0.05, 0) is 83.4 Å². The van der Waals surface area contributed by atoms with Gasteiger partial charge in [-0.2, -0.15) is 26.3 Å². The van der Waals surface area contributed by atoms with E-state index in [4.69, 9.17) is 20.9 Å². The third-order valence-electron chi connectivity index (χ3n) is 9.66. The predicted molar refractivity (Wildman–Crippen MR) is 204 cm³/mol. The van der Waals surface area contributed by atoms with E-state index in [0.29, 0.717) is 34.3 Å². The number of nitrogens with zero attached hydrogens (tertiary/aromatic N) is 4. The number of esters is 2. The maximum atomic E-state index is 14.8. The number of fused-ring (bicyclic) bond motifs is 2. The Morgan fingerprint density at radius 1 is 0.541 bits per heavy atom. The first-order valence-corrected chi connectivity index (χ1v) is 17.7. The van der Waals surface area contributed by atoms with E-state index in [9.17, 15) is 50.3 Å². The fraction of sp³-hybridized carbons (Fsp3) is 0.0714. The number of ether oxygens (including phenoxy) is 2. The first kappa shape index (κ1) is 39.7. The molecule has 0 bridgehead atoms. The van der Waals surface area contributed by atoms with Gasteiger partial charge in [-0.1, -0.05) is 18.2 Å². The van der Waals surface area contributed by atoms with Gasteiger partial charge in [0.15, 0.2) is 0 Å². The van der Waals surface area contributed by atoms with E-state index in [1.54, 1.807) is 0 Å². The molecular formula is C42H24F6N6O7. The highest BCUT2D eigenvalue weighted by atomic mass is 19.4. The minimum Gasteiger partial charge on any atom is -0.404 e. The number of hydrogen-bond donors (Lipinski definition) is 2. The Balaban J connectivity index is 1.08. The SMILES string of the molecule is Nc1ccc(OC(=O)c2ccc3c(c2)C(=O)N(c2ccc(-c4ccc(N5C(=O)c6ccc(C(=O)Oc7ccc(N)cn7)cc6C5=O)cc4C(F)(F)F)c(C(F)(F)F)c2)C3)nc1. The van der Waals surface area contributed by atoms with Crippen molar-refractivity contribution in [3.8, 4) is 22.9 Å². The quantitative estimate of drug-likeness (QED) is 0.0909. The van der Waals surface area contributed by atoms with Gasteiger partial charge in [0.25, 0.3) is 17.7 Å². The normalized spacial score (nSPS) is 13.6. The van der Waals surface area contributed by atoms with Crippen LogP contribution in [0.3, 0.4) is 0 Å². The van der Waals surface area contributed by atoms with Crippen LogP contribution in [0.15, 0.2) is 109 Å². The Labute approximate surface area is 338 Å². The summed E-state index contributed by atoms with van der Waals surface area (Å²) in [4.78, 5) is 75.1. The smallest absolute Gasteiger partial charge is 0.404 e. The minimum atomic E-state index is -5.31. The molecule has 6 aromatic rings. The predicted octanol–water partition coefficient (Wildman–Crippen LogP) is 7.75. The molecule has 0 aliphatic carbocycles. The van der Waals surface area contributed by atoms with E-state index < -0.39 is 70.0 Å². The summed E-state index contributed by atoms with van der Waals surface area (Å²) in [5, 5.41) is 0. The van der Waals surface area contributed by atoms with Crippen LogP contribution in [0, 0.1) is 0 Å². The molecule has 13 nitrogen and oxygen atoms in total. The Bertz CT molecular complexity index is 2850. The molecule has 0 spiro atoms. The number of benzene rings is 4. The number of imide groups is 1. The van der Waals surface area contributed by atoms with Gasteiger partial charge in [0.2, 0.25) is 11.8 Å². The first-order valence-electron chi connectivity index (χ1n) is 17.7. The largest absolute Gasteiger partial charge is 0.417 e. The van der Waals surface area contributed by atoms with Crippen LogP contribution in [-0.4, -0.2) is 39.6 Å². The van der Waals surface area contributed by atoms with Gasteiger partial charge in [-0.3, -0.25) is 14.4 Å². The molecule has 61 heavy (non-hydrogen) atoms. The molecule has 0 saturated carbocycles. The average molecular weight is 839 g/mol. The molecule has 3 amide bonds. The number of aromatic nitrogens is 2. The van der Waals surface area contributed by atoms with Crippen molar-refractivity contribution < 1.29 is 59.8 Å². The molecule has 2 aromatic heterocycles. The van der Waals surface area contributed by atoms with Gasteiger partial charge < -0.3 is 25.8 Å². The third-order valence-corrected chi connectivity index (χ3v) is 9.66. The Hall–Kier alpha value is -8.09. The highest BCUT2D eigenvalue weighted by Crippen LogP contribution is 2.46. The summed E-state index contributed by atoms with van der Waals surface area (Å²) in [5.74, 6) is -5.03. The average Bonchev–Trinajstić information content (AvgIpc) is 3.69. The monoisotopic (exact) mass is 838 g/mol. The van der Waals surface area contributed by atoms with Crippen LogP contribution in [-0.2, 0) is 18.9 Å². The molecule has 8 rings (SSSR count). The van der Waals surface area contributed by atoms with Crippen molar-refractivity contribution in [1.82, 2.24) is 9.97 Å². The topological polar surface area (TPSA) is 188 Å². The molecule has 0 radical (unpaired) electrons. The molecule has 2 aliphatic heterocycles. The number of carbonyl (C=O) groups is 5. The van der Waals surface area contributed by atoms with Gasteiger partial charge >= 0.3 is 24.3 Å². The molecule has 0 unspecified atom stereocenters. The highest BCUT2D eigenvalue weighted by molar-refractivity contribution is 6.34. The number of halogens is 6. The van der Waals surface area contributed by atoms with E-state index in [0.717, 1.165) is 41.3 Å². The minimum absolute atomic E-state index is 0.0212. The van der Waals surface area contributed by atoms with E-state index >= 15 is 0 Å². The van der Waals surface area contributed by atoms with Crippen molar-refractivity contribution in [2.24, 2.45) is 0 Å². The number of pyridine rings is 2. The maximum absolute atomic E-state index is 14.8. The number of nitrogens with two attached hydrogens (primary N) is 2. The summed E-state index contributed by atoms with van der Waals surface area (Å²) in [7, 11) is 0. The molecule has 19 heteroatoms. The van der Waals surface area contributed by atoms with Crippen molar-refractivity contribution in [2.45, 2.75) is 18.9 Å². The lowest BCUT2D eigenvalue weighted by molar-refractivity contribution is -0.139. The lowest BCUT2D eigenvalue weighted by Gasteiger charge is -2.23. The zero-order valence-electron chi connectivity index (χ0n) is 30.7. The zero-order valence-corrected chi connectivity index (χ0v) is 30.7. The van der Waals surface area contributed by atoms with Crippen molar-refractivity contribution >= 4 is 52.4 Å². The summed E-state index contributed by atoms with van der Waals surface area (Å²) in [6.07, 6.45) is -8.08. The molecule has 0 fully saturated rings. The number of amides is 3. The van der Waals surface area contributed by atoms with Crippen LogP contribution in [0.1, 0.15) is 68.5 Å². The Kier molecular flexibility index (Phi) is 9.52. The van der Waals surface area contributed by atoms with E-state index in [1.807, 2.05) is 0 Å². The first-order chi connectivity index (χ1) is 28.9. The number of anilines is 4. The van der Waals surface area contributed by atoms with Crippen LogP contribution >= 0.6 is 0 Å². The molecule has 4 aromatic carbocycles. The number of rotatable bonds is 7. The lowest BCUT2D eigenvalue weighted by atomic mass is 9.93. The molecule has 2 aliphatic rings.